The van der Waals surface area contributed by atoms with Gasteiger partial charge in [0.05, 0.1) is 11.1 Å². The van der Waals surface area contributed by atoms with Crippen molar-refractivity contribution in [2.45, 2.75) is 19.0 Å². The summed E-state index contributed by atoms with van der Waals surface area (Å²) in [5, 5.41) is 13.5. The molecule has 0 fully saturated rings. The zero-order chi connectivity index (χ0) is 25.5. The van der Waals surface area contributed by atoms with Gasteiger partial charge in [-0.1, -0.05) is 12.1 Å². The third-order valence-electron chi connectivity index (χ3n) is 5.32. The molecule has 7 nitrogen and oxygen atoms in total. The van der Waals surface area contributed by atoms with Gasteiger partial charge < -0.3 is 10.8 Å². The highest BCUT2D eigenvalue weighted by Crippen LogP contribution is 2.34. The van der Waals surface area contributed by atoms with E-state index in [1.807, 2.05) is 0 Å². The molecule has 3 N–H and O–H groups in total. The lowest BCUT2D eigenvalue weighted by atomic mass is 9.97. The van der Waals surface area contributed by atoms with Crippen LogP contribution in [0.3, 0.4) is 0 Å². The number of carbonyl (C=O) groups excluding carboxylic acids is 1. The molecular weight excluding hydrogens is 475 g/mol. The minimum Gasteiger partial charge on any atom is -0.478 e. The van der Waals surface area contributed by atoms with Crippen molar-refractivity contribution in [3.05, 3.63) is 82.8 Å². The van der Waals surface area contributed by atoms with Crippen LogP contribution in [0.1, 0.15) is 27.0 Å². The SMILES string of the molecule is Nc1ncnn2cc(C(=O)O)c(-c3ccc(CC(=O)Cc4cc(C(F)(F)F)ccc4F)c(F)c3)c12. The molecule has 2 heterocycles. The Hall–Kier alpha value is -4.35. The summed E-state index contributed by atoms with van der Waals surface area (Å²) in [6.45, 7) is 0. The van der Waals surface area contributed by atoms with Crippen LogP contribution in [0.5, 0.6) is 0 Å². The second-order valence-electron chi connectivity index (χ2n) is 7.66. The van der Waals surface area contributed by atoms with Crippen LogP contribution in [-0.4, -0.2) is 31.5 Å². The molecule has 0 bridgehead atoms. The first-order valence-electron chi connectivity index (χ1n) is 9.97. The maximum atomic E-state index is 14.9. The van der Waals surface area contributed by atoms with Crippen LogP contribution >= 0.6 is 0 Å². The van der Waals surface area contributed by atoms with Gasteiger partial charge >= 0.3 is 12.1 Å². The molecule has 0 aliphatic rings. The molecular formula is C23H15F5N4O3. The van der Waals surface area contributed by atoms with Gasteiger partial charge in [-0.15, -0.1) is 0 Å². The Bertz CT molecular complexity index is 1480. The number of Topliss-reactive ketones (excluding diaryl/α,β-unsaturated/α-hetero) is 1. The van der Waals surface area contributed by atoms with Gasteiger partial charge in [-0.2, -0.15) is 18.3 Å². The van der Waals surface area contributed by atoms with Gasteiger partial charge in [0.25, 0.3) is 0 Å². The summed E-state index contributed by atoms with van der Waals surface area (Å²) in [6.07, 6.45) is -3.57. The molecule has 12 heteroatoms. The number of fused-ring (bicyclic) bond motifs is 1. The molecule has 0 spiro atoms. The van der Waals surface area contributed by atoms with Crippen molar-refractivity contribution >= 4 is 23.1 Å². The zero-order valence-corrected chi connectivity index (χ0v) is 17.6. The number of hydrogen-bond acceptors (Lipinski definition) is 5. The number of carboxylic acids is 1. The second kappa shape index (κ2) is 8.78. The summed E-state index contributed by atoms with van der Waals surface area (Å²) in [4.78, 5) is 27.9. The van der Waals surface area contributed by atoms with E-state index >= 15 is 0 Å². The van der Waals surface area contributed by atoms with Crippen LogP contribution in [0, 0.1) is 11.6 Å². The van der Waals surface area contributed by atoms with E-state index in [0.717, 1.165) is 12.4 Å². The van der Waals surface area contributed by atoms with E-state index in [-0.39, 0.29) is 33.6 Å². The molecule has 0 atom stereocenters. The number of carbonyl (C=O) groups is 2. The topological polar surface area (TPSA) is 111 Å². The van der Waals surface area contributed by atoms with E-state index in [4.69, 9.17) is 5.73 Å². The lowest BCUT2D eigenvalue weighted by Gasteiger charge is -2.10. The van der Waals surface area contributed by atoms with Crippen molar-refractivity contribution in [3.8, 4) is 11.1 Å². The maximum absolute atomic E-state index is 14.9. The number of benzene rings is 2. The molecule has 35 heavy (non-hydrogen) atoms. The summed E-state index contributed by atoms with van der Waals surface area (Å²) >= 11 is 0. The summed E-state index contributed by atoms with van der Waals surface area (Å²) in [5.41, 5.74) is 4.34. The molecule has 0 aliphatic carbocycles. The van der Waals surface area contributed by atoms with Crippen LogP contribution in [0.4, 0.5) is 27.8 Å². The van der Waals surface area contributed by atoms with Crippen molar-refractivity contribution in [2.24, 2.45) is 0 Å². The highest BCUT2D eigenvalue weighted by atomic mass is 19.4. The molecule has 0 radical (unpaired) electrons. The van der Waals surface area contributed by atoms with Gasteiger partial charge in [-0.25, -0.2) is 23.1 Å². The van der Waals surface area contributed by atoms with Crippen LogP contribution in [0.2, 0.25) is 0 Å². The number of nitrogen functional groups attached to an aromatic ring is 1. The number of rotatable bonds is 6. The third-order valence-corrected chi connectivity index (χ3v) is 5.32. The fourth-order valence-electron chi connectivity index (χ4n) is 3.71. The molecule has 0 aliphatic heterocycles. The van der Waals surface area contributed by atoms with Crippen molar-refractivity contribution in [1.82, 2.24) is 14.6 Å². The first-order chi connectivity index (χ1) is 16.5. The molecule has 2 aromatic heterocycles. The van der Waals surface area contributed by atoms with E-state index in [1.165, 1.54) is 22.8 Å². The monoisotopic (exact) mass is 490 g/mol. The molecule has 2 aromatic carbocycles. The van der Waals surface area contributed by atoms with Gasteiger partial charge in [0.15, 0.2) is 5.82 Å². The molecule has 0 amide bonds. The van der Waals surface area contributed by atoms with E-state index < -0.39 is 53.5 Å². The van der Waals surface area contributed by atoms with Gasteiger partial charge in [0, 0.05) is 24.6 Å². The van der Waals surface area contributed by atoms with Crippen LogP contribution in [0.25, 0.3) is 16.6 Å². The summed E-state index contributed by atoms with van der Waals surface area (Å²) < 4.78 is 68.7. The number of ketones is 1. The van der Waals surface area contributed by atoms with E-state index in [1.54, 1.807) is 0 Å². The molecule has 0 saturated heterocycles. The van der Waals surface area contributed by atoms with Crippen molar-refractivity contribution in [3.63, 3.8) is 0 Å². The zero-order valence-electron chi connectivity index (χ0n) is 17.6. The van der Waals surface area contributed by atoms with Gasteiger partial charge in [0.1, 0.15) is 29.3 Å². The number of nitrogens with two attached hydrogens (primary N) is 1. The Morgan fingerprint density at radius 2 is 1.71 bits per heavy atom. The van der Waals surface area contributed by atoms with Gasteiger partial charge in [-0.3, -0.25) is 4.79 Å². The number of aromatic carboxylic acids is 1. The fourth-order valence-corrected chi connectivity index (χ4v) is 3.71. The quantitative estimate of drug-likeness (QED) is 0.390. The summed E-state index contributed by atoms with van der Waals surface area (Å²) in [6, 6.07) is 5.34. The van der Waals surface area contributed by atoms with E-state index in [0.29, 0.717) is 18.2 Å². The Labute approximate surface area is 193 Å². The third kappa shape index (κ3) is 4.67. The standard InChI is InChI=1S/C23H15F5N4O3/c24-17-4-3-14(23(26,27)28)5-13(17)7-15(33)6-11-1-2-12(8-18(11)25)19-16(22(34)35)9-32-20(19)21(29)30-10-31-32/h1-5,8-10H,6-7H2,(H,34,35)(H2,29,30,31). The number of nitrogens with zero attached hydrogens (tertiary/aromatic N) is 3. The van der Waals surface area contributed by atoms with Crippen molar-refractivity contribution in [2.75, 3.05) is 5.73 Å². The Morgan fingerprint density at radius 1 is 1.00 bits per heavy atom. The number of aromatic nitrogens is 3. The smallest absolute Gasteiger partial charge is 0.416 e. The number of alkyl halides is 3. The highest BCUT2D eigenvalue weighted by Gasteiger charge is 2.31. The normalized spacial score (nSPS) is 11.7. The summed E-state index contributed by atoms with van der Waals surface area (Å²) in [7, 11) is 0. The number of hydrogen-bond donors (Lipinski definition) is 2. The average molecular weight is 490 g/mol. The minimum atomic E-state index is -4.71. The molecule has 180 valence electrons. The van der Waals surface area contributed by atoms with Crippen molar-refractivity contribution < 1.29 is 36.6 Å². The Morgan fingerprint density at radius 3 is 2.37 bits per heavy atom. The molecule has 4 aromatic rings. The number of carboxylic acid groups (broad SMARTS) is 1. The summed E-state index contributed by atoms with van der Waals surface area (Å²) in [5.74, 6) is -3.92. The lowest BCUT2D eigenvalue weighted by Crippen LogP contribution is -2.12. The minimum absolute atomic E-state index is 0.0368. The lowest BCUT2D eigenvalue weighted by molar-refractivity contribution is -0.137. The second-order valence-corrected chi connectivity index (χ2v) is 7.66. The predicted octanol–water partition coefficient (Wildman–Crippen LogP) is 4.33. The van der Waals surface area contributed by atoms with Gasteiger partial charge in [-0.05, 0) is 41.0 Å². The van der Waals surface area contributed by atoms with Crippen molar-refractivity contribution in [1.29, 1.82) is 0 Å². The average Bonchev–Trinajstić information content (AvgIpc) is 3.17. The first-order valence-corrected chi connectivity index (χ1v) is 9.97. The molecule has 4 rings (SSSR count). The van der Waals surface area contributed by atoms with E-state index in [9.17, 15) is 36.6 Å². The van der Waals surface area contributed by atoms with Crippen LogP contribution in [-0.2, 0) is 23.8 Å². The van der Waals surface area contributed by atoms with Crippen LogP contribution in [0.15, 0.2) is 48.9 Å². The molecule has 0 unspecified atom stereocenters. The Kier molecular flexibility index (Phi) is 5.97. The number of halogens is 5. The largest absolute Gasteiger partial charge is 0.478 e. The predicted molar refractivity (Wildman–Crippen MR) is 114 cm³/mol. The maximum Gasteiger partial charge on any atom is 0.416 e. The van der Waals surface area contributed by atoms with E-state index in [2.05, 4.69) is 10.1 Å². The molecule has 0 saturated carbocycles. The van der Waals surface area contributed by atoms with Gasteiger partial charge in [0.2, 0.25) is 0 Å². The highest BCUT2D eigenvalue weighted by molar-refractivity contribution is 6.04. The fraction of sp³-hybridized carbons (Fsp3) is 0.130. The van der Waals surface area contributed by atoms with Crippen LogP contribution < -0.4 is 5.73 Å². The Balaban J connectivity index is 1.63. The number of anilines is 1. The first kappa shape index (κ1) is 23.8.